The number of aryl methyl sites for hydroxylation is 1. The number of nitrogens with one attached hydrogen (secondary N) is 1. The third kappa shape index (κ3) is 3.01. The molecule has 0 aliphatic carbocycles. The highest BCUT2D eigenvalue weighted by Gasteiger charge is 2.13. The Hall–Kier alpha value is -1.46. The molecule has 1 atom stereocenters. The van der Waals surface area contributed by atoms with Crippen molar-refractivity contribution in [3.8, 4) is 17.6 Å². The number of rotatable bonds is 4. The summed E-state index contributed by atoms with van der Waals surface area (Å²) in [6.07, 6.45) is 0.798. The van der Waals surface area contributed by atoms with Crippen LogP contribution in [0.5, 0.6) is 5.75 Å². The van der Waals surface area contributed by atoms with E-state index in [4.69, 9.17) is 4.74 Å². The number of hydrogen-bond donors (Lipinski definition) is 1. The lowest BCUT2D eigenvalue weighted by atomic mass is 10.0. The molecule has 1 aromatic rings. The van der Waals surface area contributed by atoms with E-state index < -0.39 is 0 Å². The lowest BCUT2D eigenvalue weighted by Crippen LogP contribution is -2.16. The molecule has 0 fully saturated rings. The Labute approximate surface area is 98.0 Å². The van der Waals surface area contributed by atoms with Crippen LogP contribution < -0.4 is 10.1 Å². The molecular formula is C14H19NO. The summed E-state index contributed by atoms with van der Waals surface area (Å²) >= 11 is 0. The molecular weight excluding hydrogens is 198 g/mol. The predicted molar refractivity (Wildman–Crippen MR) is 67.6 cm³/mol. The summed E-state index contributed by atoms with van der Waals surface area (Å²) in [4.78, 5) is 0. The van der Waals surface area contributed by atoms with Crippen molar-refractivity contribution in [1.29, 1.82) is 0 Å². The van der Waals surface area contributed by atoms with Crippen molar-refractivity contribution >= 4 is 0 Å². The van der Waals surface area contributed by atoms with Gasteiger partial charge in [0.1, 0.15) is 5.75 Å². The summed E-state index contributed by atoms with van der Waals surface area (Å²) < 4.78 is 5.37. The van der Waals surface area contributed by atoms with Crippen LogP contribution in [0.2, 0.25) is 0 Å². The topological polar surface area (TPSA) is 21.3 Å². The normalized spacial score (nSPS) is 11.5. The Bertz CT molecular complexity index is 401. The second kappa shape index (κ2) is 6.19. The highest BCUT2D eigenvalue weighted by Crippen LogP contribution is 2.27. The third-order valence-electron chi connectivity index (χ3n) is 2.59. The molecule has 2 nitrogen and oxygen atoms in total. The lowest BCUT2D eigenvalue weighted by Gasteiger charge is -2.17. The fraction of sp³-hybridized carbons (Fsp3) is 0.429. The van der Waals surface area contributed by atoms with Crippen LogP contribution in [0.3, 0.4) is 0 Å². The number of benzene rings is 1. The molecule has 0 aliphatic rings. The van der Waals surface area contributed by atoms with Crippen LogP contribution in [0.25, 0.3) is 0 Å². The summed E-state index contributed by atoms with van der Waals surface area (Å²) in [6, 6.07) is 6.44. The first kappa shape index (κ1) is 12.6. The fourth-order valence-corrected chi connectivity index (χ4v) is 1.70. The predicted octanol–water partition coefficient (Wildman–Crippen LogP) is 2.68. The van der Waals surface area contributed by atoms with Crippen molar-refractivity contribution in [3.05, 3.63) is 29.3 Å². The molecule has 2 heteroatoms. The van der Waals surface area contributed by atoms with Crippen LogP contribution >= 0.6 is 0 Å². The molecule has 0 aliphatic heterocycles. The van der Waals surface area contributed by atoms with Gasteiger partial charge in [-0.1, -0.05) is 17.7 Å². The molecule has 0 spiro atoms. The second-order valence-electron chi connectivity index (χ2n) is 3.72. The van der Waals surface area contributed by atoms with Gasteiger partial charge in [-0.05, 0) is 27.0 Å². The molecule has 0 saturated heterocycles. The summed E-state index contributed by atoms with van der Waals surface area (Å²) in [6.45, 7) is 3.95. The molecule has 0 aromatic heterocycles. The minimum absolute atomic E-state index is 0.224. The van der Waals surface area contributed by atoms with Gasteiger partial charge in [0, 0.05) is 18.0 Å². The maximum Gasteiger partial charge on any atom is 0.123 e. The second-order valence-corrected chi connectivity index (χ2v) is 3.72. The Morgan fingerprint density at radius 2 is 2.19 bits per heavy atom. The standard InChI is InChI=1S/C14H19NO/c1-5-6-7-13(15-3)12-10-11(2)8-9-14(12)16-4/h8-10,13,15H,7H2,1-4H3. The summed E-state index contributed by atoms with van der Waals surface area (Å²) in [5.74, 6) is 6.94. The van der Waals surface area contributed by atoms with E-state index in [1.165, 1.54) is 11.1 Å². The highest BCUT2D eigenvalue weighted by atomic mass is 16.5. The van der Waals surface area contributed by atoms with Crippen LogP contribution in [0.4, 0.5) is 0 Å². The lowest BCUT2D eigenvalue weighted by molar-refractivity contribution is 0.402. The molecule has 16 heavy (non-hydrogen) atoms. The van der Waals surface area contributed by atoms with Gasteiger partial charge in [0.25, 0.3) is 0 Å². The van der Waals surface area contributed by atoms with Crippen LogP contribution in [0, 0.1) is 18.8 Å². The number of hydrogen-bond acceptors (Lipinski definition) is 2. The van der Waals surface area contributed by atoms with Gasteiger partial charge in [-0.25, -0.2) is 0 Å². The average molecular weight is 217 g/mol. The Kier molecular flexibility index (Phi) is 4.88. The average Bonchev–Trinajstić information content (AvgIpc) is 2.30. The largest absolute Gasteiger partial charge is 0.496 e. The SMILES string of the molecule is CC#CCC(NC)c1cc(C)ccc1OC. The quantitative estimate of drug-likeness (QED) is 0.783. The molecule has 1 N–H and O–H groups in total. The summed E-state index contributed by atoms with van der Waals surface area (Å²) in [7, 11) is 3.65. The van der Waals surface area contributed by atoms with Gasteiger partial charge in [-0.2, -0.15) is 0 Å². The number of ether oxygens (including phenoxy) is 1. The summed E-state index contributed by atoms with van der Waals surface area (Å²) in [5.41, 5.74) is 2.41. The van der Waals surface area contributed by atoms with E-state index in [-0.39, 0.29) is 6.04 Å². The minimum atomic E-state index is 0.224. The van der Waals surface area contributed by atoms with E-state index in [1.807, 2.05) is 20.0 Å². The van der Waals surface area contributed by atoms with Gasteiger partial charge in [0.2, 0.25) is 0 Å². The van der Waals surface area contributed by atoms with Gasteiger partial charge in [0.05, 0.1) is 7.11 Å². The molecule has 0 radical (unpaired) electrons. The van der Waals surface area contributed by atoms with E-state index in [0.29, 0.717) is 0 Å². The number of methoxy groups -OCH3 is 1. The van der Waals surface area contributed by atoms with Crippen LogP contribution in [0.15, 0.2) is 18.2 Å². The Morgan fingerprint density at radius 1 is 1.44 bits per heavy atom. The smallest absolute Gasteiger partial charge is 0.123 e. The van der Waals surface area contributed by atoms with Crippen molar-refractivity contribution in [3.63, 3.8) is 0 Å². The van der Waals surface area contributed by atoms with E-state index in [1.54, 1.807) is 7.11 Å². The summed E-state index contributed by atoms with van der Waals surface area (Å²) in [5, 5.41) is 3.27. The van der Waals surface area contributed by atoms with Crippen molar-refractivity contribution < 1.29 is 4.74 Å². The molecule has 1 rings (SSSR count). The van der Waals surface area contributed by atoms with Crippen LogP contribution in [-0.2, 0) is 0 Å². The van der Waals surface area contributed by atoms with Gasteiger partial charge in [-0.3, -0.25) is 0 Å². The Balaban J connectivity index is 3.04. The van der Waals surface area contributed by atoms with Crippen molar-refractivity contribution in [1.82, 2.24) is 5.32 Å². The van der Waals surface area contributed by atoms with Gasteiger partial charge in [0.15, 0.2) is 0 Å². The fourth-order valence-electron chi connectivity index (χ4n) is 1.70. The van der Waals surface area contributed by atoms with Crippen molar-refractivity contribution in [2.45, 2.75) is 26.3 Å². The van der Waals surface area contributed by atoms with Crippen molar-refractivity contribution in [2.24, 2.45) is 0 Å². The van der Waals surface area contributed by atoms with Gasteiger partial charge >= 0.3 is 0 Å². The maximum absolute atomic E-state index is 5.37. The molecule has 0 saturated carbocycles. The molecule has 1 aromatic carbocycles. The molecule has 0 bridgehead atoms. The zero-order valence-electron chi connectivity index (χ0n) is 10.4. The zero-order valence-corrected chi connectivity index (χ0v) is 10.4. The minimum Gasteiger partial charge on any atom is -0.496 e. The highest BCUT2D eigenvalue weighted by molar-refractivity contribution is 5.39. The van der Waals surface area contributed by atoms with E-state index in [0.717, 1.165) is 12.2 Å². The Morgan fingerprint density at radius 3 is 2.75 bits per heavy atom. The third-order valence-corrected chi connectivity index (χ3v) is 2.59. The monoisotopic (exact) mass is 217 g/mol. The van der Waals surface area contributed by atoms with E-state index in [2.05, 4.69) is 36.2 Å². The first-order valence-electron chi connectivity index (χ1n) is 5.44. The van der Waals surface area contributed by atoms with E-state index in [9.17, 15) is 0 Å². The van der Waals surface area contributed by atoms with E-state index >= 15 is 0 Å². The maximum atomic E-state index is 5.37. The molecule has 86 valence electrons. The first-order chi connectivity index (χ1) is 7.72. The first-order valence-corrected chi connectivity index (χ1v) is 5.44. The van der Waals surface area contributed by atoms with Gasteiger partial charge in [-0.15, -0.1) is 11.8 Å². The zero-order chi connectivity index (χ0) is 12.0. The molecule has 1 unspecified atom stereocenters. The van der Waals surface area contributed by atoms with Crippen molar-refractivity contribution in [2.75, 3.05) is 14.2 Å². The van der Waals surface area contributed by atoms with Crippen LogP contribution in [-0.4, -0.2) is 14.2 Å². The van der Waals surface area contributed by atoms with Gasteiger partial charge < -0.3 is 10.1 Å². The molecule has 0 amide bonds. The molecule has 0 heterocycles. The van der Waals surface area contributed by atoms with Crippen LogP contribution in [0.1, 0.15) is 30.5 Å².